The third-order valence-electron chi connectivity index (χ3n) is 4.80. The minimum atomic E-state index is -3.81. The highest BCUT2D eigenvalue weighted by Crippen LogP contribution is 2.21. The van der Waals surface area contributed by atoms with Crippen molar-refractivity contribution in [1.82, 2.24) is 5.32 Å². The molecular formula is C23H24N2O3S. The number of nitrogens with one attached hydrogen (secondary N) is 2. The Balaban J connectivity index is 1.81. The van der Waals surface area contributed by atoms with E-state index in [1.54, 1.807) is 24.3 Å². The summed E-state index contributed by atoms with van der Waals surface area (Å²) in [6, 6.07) is 20.8. The van der Waals surface area contributed by atoms with Gasteiger partial charge < -0.3 is 5.32 Å². The molecule has 3 aromatic rings. The molecular weight excluding hydrogens is 384 g/mol. The molecule has 0 spiro atoms. The summed E-state index contributed by atoms with van der Waals surface area (Å²) in [7, 11) is -3.81. The van der Waals surface area contributed by atoms with Crippen molar-refractivity contribution in [2.75, 3.05) is 4.72 Å². The third-order valence-corrected chi connectivity index (χ3v) is 6.16. The molecule has 0 fully saturated rings. The van der Waals surface area contributed by atoms with Crippen LogP contribution in [0.25, 0.3) is 0 Å². The van der Waals surface area contributed by atoms with Crippen LogP contribution in [0.3, 0.4) is 0 Å². The number of amides is 1. The van der Waals surface area contributed by atoms with E-state index in [0.717, 1.165) is 16.7 Å². The van der Waals surface area contributed by atoms with E-state index >= 15 is 0 Å². The number of hydrogen-bond acceptors (Lipinski definition) is 3. The van der Waals surface area contributed by atoms with Gasteiger partial charge in [0.15, 0.2) is 0 Å². The molecule has 0 unspecified atom stereocenters. The summed E-state index contributed by atoms with van der Waals surface area (Å²) in [5.41, 5.74) is 3.72. The summed E-state index contributed by atoms with van der Waals surface area (Å²) >= 11 is 0. The highest BCUT2D eigenvalue weighted by Gasteiger charge is 2.18. The monoisotopic (exact) mass is 408 g/mol. The molecule has 1 atom stereocenters. The summed E-state index contributed by atoms with van der Waals surface area (Å²) in [5, 5.41) is 2.94. The summed E-state index contributed by atoms with van der Waals surface area (Å²) in [6.07, 6.45) is 0. The predicted molar refractivity (Wildman–Crippen MR) is 115 cm³/mol. The molecule has 0 aliphatic heterocycles. The predicted octanol–water partition coefficient (Wildman–Crippen LogP) is 4.60. The fourth-order valence-electron chi connectivity index (χ4n) is 3.13. The number of benzene rings is 3. The summed E-state index contributed by atoms with van der Waals surface area (Å²) in [5.74, 6) is -0.325. The Kier molecular flexibility index (Phi) is 6.03. The SMILES string of the molecule is Cc1ccccc1NS(=O)(=O)c1cccc(C(=O)N[C@H](C)c2ccccc2C)c1. The number of hydrogen-bond donors (Lipinski definition) is 2. The highest BCUT2D eigenvalue weighted by molar-refractivity contribution is 7.92. The molecule has 2 N–H and O–H groups in total. The Morgan fingerprint density at radius 3 is 2.21 bits per heavy atom. The standard InChI is InChI=1S/C23H24N2O3S/c1-16-9-4-6-13-21(16)18(3)24-23(26)19-11-8-12-20(15-19)29(27,28)25-22-14-7-5-10-17(22)2/h4-15,18,25H,1-3H3,(H,24,26)/t18-/m1/s1. The lowest BCUT2D eigenvalue weighted by atomic mass is 10.0. The van der Waals surface area contributed by atoms with Crippen molar-refractivity contribution < 1.29 is 13.2 Å². The summed E-state index contributed by atoms with van der Waals surface area (Å²) in [4.78, 5) is 12.7. The molecule has 3 rings (SSSR count). The molecule has 0 aromatic heterocycles. The molecule has 0 bridgehead atoms. The van der Waals surface area contributed by atoms with Crippen molar-refractivity contribution in [3.63, 3.8) is 0 Å². The van der Waals surface area contributed by atoms with Gasteiger partial charge in [0.1, 0.15) is 0 Å². The van der Waals surface area contributed by atoms with Gasteiger partial charge in [-0.1, -0.05) is 48.5 Å². The van der Waals surface area contributed by atoms with E-state index in [1.807, 2.05) is 57.2 Å². The second-order valence-corrected chi connectivity index (χ2v) is 8.68. The van der Waals surface area contributed by atoms with E-state index in [4.69, 9.17) is 0 Å². The maximum Gasteiger partial charge on any atom is 0.261 e. The molecule has 0 saturated heterocycles. The van der Waals surface area contributed by atoms with E-state index in [9.17, 15) is 13.2 Å². The number of rotatable bonds is 6. The van der Waals surface area contributed by atoms with Gasteiger partial charge in [-0.25, -0.2) is 8.42 Å². The quantitative estimate of drug-likeness (QED) is 0.626. The largest absolute Gasteiger partial charge is 0.346 e. The van der Waals surface area contributed by atoms with Crippen LogP contribution in [0.2, 0.25) is 0 Å². The zero-order valence-corrected chi connectivity index (χ0v) is 17.5. The maximum absolute atomic E-state index is 12.8. The first kappa shape index (κ1) is 20.6. The van der Waals surface area contributed by atoms with Crippen LogP contribution in [0, 0.1) is 13.8 Å². The van der Waals surface area contributed by atoms with Gasteiger partial charge in [-0.15, -0.1) is 0 Å². The van der Waals surface area contributed by atoms with Crippen molar-refractivity contribution in [3.8, 4) is 0 Å². The van der Waals surface area contributed by atoms with Gasteiger partial charge >= 0.3 is 0 Å². The zero-order chi connectivity index (χ0) is 21.0. The van der Waals surface area contributed by atoms with E-state index in [0.29, 0.717) is 5.69 Å². The molecule has 29 heavy (non-hydrogen) atoms. The second kappa shape index (κ2) is 8.49. The van der Waals surface area contributed by atoms with E-state index in [2.05, 4.69) is 10.0 Å². The Bertz CT molecular complexity index is 1140. The van der Waals surface area contributed by atoms with Crippen LogP contribution in [-0.4, -0.2) is 14.3 Å². The minimum absolute atomic E-state index is 0.0388. The van der Waals surface area contributed by atoms with Crippen LogP contribution in [-0.2, 0) is 10.0 Å². The van der Waals surface area contributed by atoms with Gasteiger partial charge in [0, 0.05) is 5.56 Å². The average molecular weight is 409 g/mol. The lowest BCUT2D eigenvalue weighted by molar-refractivity contribution is 0.0939. The fraction of sp³-hybridized carbons (Fsp3) is 0.174. The highest BCUT2D eigenvalue weighted by atomic mass is 32.2. The van der Waals surface area contributed by atoms with E-state index in [1.165, 1.54) is 12.1 Å². The van der Waals surface area contributed by atoms with Crippen LogP contribution in [0.5, 0.6) is 0 Å². The van der Waals surface area contributed by atoms with Gasteiger partial charge in [-0.05, 0) is 61.7 Å². The summed E-state index contributed by atoms with van der Waals surface area (Å²) in [6.45, 7) is 5.72. The van der Waals surface area contributed by atoms with Crippen LogP contribution in [0.1, 0.15) is 40.0 Å². The Morgan fingerprint density at radius 1 is 0.862 bits per heavy atom. The Labute approximate surface area is 171 Å². The first-order chi connectivity index (χ1) is 13.8. The molecule has 1 amide bonds. The molecule has 0 aliphatic rings. The summed E-state index contributed by atoms with van der Waals surface area (Å²) < 4.78 is 28.1. The normalized spacial score (nSPS) is 12.2. The third kappa shape index (κ3) is 4.84. The molecule has 3 aromatic carbocycles. The van der Waals surface area contributed by atoms with E-state index < -0.39 is 10.0 Å². The molecule has 0 radical (unpaired) electrons. The van der Waals surface area contributed by atoms with Gasteiger partial charge in [-0.3, -0.25) is 9.52 Å². The molecule has 0 aliphatic carbocycles. The molecule has 0 heterocycles. The molecule has 5 nitrogen and oxygen atoms in total. The number of carbonyl (C=O) groups is 1. The van der Waals surface area contributed by atoms with Crippen LogP contribution < -0.4 is 10.0 Å². The van der Waals surface area contributed by atoms with Crippen molar-refractivity contribution in [1.29, 1.82) is 0 Å². The van der Waals surface area contributed by atoms with E-state index in [-0.39, 0.29) is 22.4 Å². The van der Waals surface area contributed by atoms with Crippen molar-refractivity contribution >= 4 is 21.6 Å². The molecule has 150 valence electrons. The van der Waals surface area contributed by atoms with Crippen molar-refractivity contribution in [2.24, 2.45) is 0 Å². The zero-order valence-electron chi connectivity index (χ0n) is 16.6. The number of carbonyl (C=O) groups excluding carboxylic acids is 1. The van der Waals surface area contributed by atoms with Crippen molar-refractivity contribution in [3.05, 3.63) is 95.1 Å². The lowest BCUT2D eigenvalue weighted by Gasteiger charge is -2.17. The second-order valence-electron chi connectivity index (χ2n) is 7.00. The van der Waals surface area contributed by atoms with Gasteiger partial charge in [-0.2, -0.15) is 0 Å². The average Bonchev–Trinajstić information content (AvgIpc) is 2.70. The number of sulfonamides is 1. The van der Waals surface area contributed by atoms with Gasteiger partial charge in [0.2, 0.25) is 0 Å². The van der Waals surface area contributed by atoms with Crippen LogP contribution >= 0.6 is 0 Å². The molecule has 6 heteroatoms. The maximum atomic E-state index is 12.8. The topological polar surface area (TPSA) is 75.3 Å². The Morgan fingerprint density at radius 2 is 1.52 bits per heavy atom. The lowest BCUT2D eigenvalue weighted by Crippen LogP contribution is -2.27. The molecule has 0 saturated carbocycles. The Hall–Kier alpha value is -3.12. The van der Waals surface area contributed by atoms with Crippen molar-refractivity contribution in [2.45, 2.75) is 31.7 Å². The van der Waals surface area contributed by atoms with Crippen LogP contribution in [0.15, 0.2) is 77.7 Å². The number of para-hydroxylation sites is 1. The fourth-order valence-corrected chi connectivity index (χ4v) is 4.30. The van der Waals surface area contributed by atoms with Crippen LogP contribution in [0.4, 0.5) is 5.69 Å². The first-order valence-corrected chi connectivity index (χ1v) is 10.8. The number of anilines is 1. The van der Waals surface area contributed by atoms with Gasteiger partial charge in [0.25, 0.3) is 15.9 Å². The smallest absolute Gasteiger partial charge is 0.261 e. The first-order valence-electron chi connectivity index (χ1n) is 9.33. The number of aryl methyl sites for hydroxylation is 2. The van der Waals surface area contributed by atoms with Gasteiger partial charge in [0.05, 0.1) is 16.6 Å². The minimum Gasteiger partial charge on any atom is -0.346 e.